The number of nitrogen functional groups attached to an aromatic ring is 1. The van der Waals surface area contributed by atoms with Gasteiger partial charge in [0.25, 0.3) is 17.6 Å². The molecule has 0 aliphatic rings. The Morgan fingerprint density at radius 2 is 2.06 bits per heavy atom. The van der Waals surface area contributed by atoms with Crippen LogP contribution in [0.3, 0.4) is 0 Å². The van der Waals surface area contributed by atoms with Gasteiger partial charge in [-0.15, -0.1) is 0 Å². The highest BCUT2D eigenvalue weighted by Gasteiger charge is 2.26. The molecule has 0 aliphatic heterocycles. The molecule has 0 spiro atoms. The molecule has 4 N–H and O–H groups in total. The number of anilines is 1. The number of carbonyl (C=O) groups excluding carboxylic acids is 2. The normalized spacial score (nSPS) is 11.1. The molecule has 182 valence electrons. The summed E-state index contributed by atoms with van der Waals surface area (Å²) in [6.45, 7) is 7.15. The second-order valence-electron chi connectivity index (χ2n) is 7.85. The van der Waals surface area contributed by atoms with Gasteiger partial charge in [0.1, 0.15) is 6.54 Å². The lowest BCUT2D eigenvalue weighted by Crippen LogP contribution is -2.40. The first-order valence-electron chi connectivity index (χ1n) is 11.3. The third kappa shape index (κ3) is 5.30. The van der Waals surface area contributed by atoms with Crippen molar-refractivity contribution in [3.05, 3.63) is 47.2 Å². The summed E-state index contributed by atoms with van der Waals surface area (Å²) < 4.78 is 4.91. The number of benzene rings is 1. The number of likely N-dealkylation sites (N-methyl/N-ethyl adjacent to an activating group) is 2. The molecule has 0 saturated carbocycles. The van der Waals surface area contributed by atoms with Crippen LogP contribution in [0.4, 0.5) is 5.82 Å². The second-order valence-corrected chi connectivity index (χ2v) is 8.61. The summed E-state index contributed by atoms with van der Waals surface area (Å²) in [7, 11) is 3.67. The zero-order chi connectivity index (χ0) is 24.8. The number of rotatable bonds is 10. The Morgan fingerprint density at radius 1 is 1.29 bits per heavy atom. The molecule has 1 aromatic carbocycles. The van der Waals surface area contributed by atoms with Crippen molar-refractivity contribution in [2.45, 2.75) is 37.9 Å². The van der Waals surface area contributed by atoms with E-state index in [4.69, 9.17) is 5.73 Å². The molecule has 0 fully saturated rings. The Balaban J connectivity index is 1.93. The highest BCUT2D eigenvalue weighted by atomic mass is 127. The largest absolute Gasteiger partial charge is 0.382 e. The first-order valence-corrected chi connectivity index (χ1v) is 12.8. The number of aromatic nitrogens is 4. The van der Waals surface area contributed by atoms with Crippen molar-refractivity contribution in [2.24, 2.45) is 0 Å². The molecule has 0 aliphatic carbocycles. The van der Waals surface area contributed by atoms with Gasteiger partial charge < -0.3 is 21.3 Å². The quantitative estimate of drug-likeness (QED) is 0.190. The van der Waals surface area contributed by atoms with Crippen LogP contribution in [0.15, 0.2) is 24.4 Å². The fourth-order valence-electron chi connectivity index (χ4n) is 3.93. The van der Waals surface area contributed by atoms with E-state index in [9.17, 15) is 9.59 Å². The third-order valence-electron chi connectivity index (χ3n) is 5.71. The van der Waals surface area contributed by atoms with Gasteiger partial charge in [0.15, 0.2) is 22.5 Å². The number of imidazole rings is 1. The molecule has 0 saturated heterocycles. The van der Waals surface area contributed by atoms with Crippen molar-refractivity contribution >= 4 is 51.3 Å². The number of hydrogen-bond acceptors (Lipinski definition) is 6. The molecule has 2 heterocycles. The van der Waals surface area contributed by atoms with Gasteiger partial charge in [-0.25, -0.2) is 19.1 Å². The monoisotopic (exact) mass is 579 g/mol. The smallest absolute Gasteiger partial charge is 0.277 e. The lowest BCUT2D eigenvalue weighted by Gasteiger charge is -2.16. The van der Waals surface area contributed by atoms with E-state index in [0.29, 0.717) is 28.8 Å². The van der Waals surface area contributed by atoms with Crippen LogP contribution in [-0.4, -0.2) is 58.4 Å². The summed E-state index contributed by atoms with van der Waals surface area (Å²) in [6, 6.07) is 5.77. The average molecular weight is 579 g/mol. The Hall–Kier alpha value is -2.80. The molecule has 0 atom stereocenters. The van der Waals surface area contributed by atoms with Crippen LogP contribution in [0, 0.1) is 0 Å². The predicted molar refractivity (Wildman–Crippen MR) is 140 cm³/mol. The standard InChI is InChI=1S/C23H31IN8O2/c1-5-31-17-8-7-15(23(34)30(4)10-9-26-3)11-18(17)32(6-2)19(31)14-28-22(33)20-21(25)27-13-16(12-24)29-20/h7-8,11,13,26H,5-6,9-10,12,14H2,1-4H3,(H2-,25,27,28,33)/p+1. The van der Waals surface area contributed by atoms with Crippen molar-refractivity contribution in [3.63, 3.8) is 0 Å². The number of aryl methyl sites for hydroxylation is 2. The predicted octanol–water partition coefficient (Wildman–Crippen LogP) is 1.50. The molecular formula is C23H32IN8O2+. The maximum atomic E-state index is 12.9. The zero-order valence-corrected chi connectivity index (χ0v) is 22.2. The topological polar surface area (TPSA) is 122 Å². The van der Waals surface area contributed by atoms with E-state index in [1.54, 1.807) is 18.1 Å². The third-order valence-corrected chi connectivity index (χ3v) is 6.49. The number of halogens is 1. The van der Waals surface area contributed by atoms with Gasteiger partial charge in [0.05, 0.1) is 25.0 Å². The van der Waals surface area contributed by atoms with Gasteiger partial charge in [-0.05, 0) is 33.0 Å². The maximum Gasteiger partial charge on any atom is 0.277 e. The molecule has 3 rings (SSSR count). The minimum Gasteiger partial charge on any atom is -0.382 e. The fraction of sp³-hybridized carbons (Fsp3) is 0.435. The van der Waals surface area contributed by atoms with E-state index in [1.165, 1.54) is 0 Å². The number of fused-ring (bicyclic) bond motifs is 1. The van der Waals surface area contributed by atoms with E-state index >= 15 is 0 Å². The van der Waals surface area contributed by atoms with Crippen molar-refractivity contribution in [3.8, 4) is 0 Å². The van der Waals surface area contributed by atoms with E-state index in [-0.39, 0.29) is 29.9 Å². The molecule has 2 amide bonds. The van der Waals surface area contributed by atoms with Crippen LogP contribution >= 0.6 is 22.6 Å². The van der Waals surface area contributed by atoms with Crippen LogP contribution in [0.1, 0.15) is 46.2 Å². The first-order chi connectivity index (χ1) is 16.4. The number of hydrogen-bond donors (Lipinski definition) is 3. The van der Waals surface area contributed by atoms with Crippen LogP contribution < -0.4 is 20.9 Å². The number of carbonyl (C=O) groups is 2. The number of nitrogens with one attached hydrogen (secondary N) is 2. The minimum absolute atomic E-state index is 0.0249. The SMILES string of the molecule is CCn1c(CNC(=O)c2nc(CI)cnc2N)[n+](CC)c2ccc(C(=O)N(C)CCNC)cc21. The van der Waals surface area contributed by atoms with Gasteiger partial charge in [-0.2, -0.15) is 0 Å². The average Bonchev–Trinajstić information content (AvgIpc) is 3.17. The van der Waals surface area contributed by atoms with Gasteiger partial charge >= 0.3 is 0 Å². The van der Waals surface area contributed by atoms with Crippen molar-refractivity contribution < 1.29 is 14.2 Å². The molecule has 34 heavy (non-hydrogen) atoms. The van der Waals surface area contributed by atoms with Gasteiger partial charge in [-0.1, -0.05) is 22.6 Å². The zero-order valence-electron chi connectivity index (χ0n) is 20.1. The second kappa shape index (κ2) is 11.6. The van der Waals surface area contributed by atoms with Crippen molar-refractivity contribution in [1.82, 2.24) is 30.1 Å². The summed E-state index contributed by atoms with van der Waals surface area (Å²) in [5.74, 6) is 0.645. The lowest BCUT2D eigenvalue weighted by molar-refractivity contribution is -0.676. The van der Waals surface area contributed by atoms with E-state index in [2.05, 4.69) is 59.3 Å². The summed E-state index contributed by atoms with van der Waals surface area (Å²) in [5, 5.41) is 6.01. The molecule has 10 nitrogen and oxygen atoms in total. The molecular weight excluding hydrogens is 547 g/mol. The van der Waals surface area contributed by atoms with Gasteiger partial charge in [-0.3, -0.25) is 9.59 Å². The van der Waals surface area contributed by atoms with Crippen LogP contribution in [0.25, 0.3) is 11.0 Å². The maximum absolute atomic E-state index is 12.9. The van der Waals surface area contributed by atoms with Crippen LogP contribution in [0.5, 0.6) is 0 Å². The molecule has 3 aromatic rings. The van der Waals surface area contributed by atoms with E-state index in [1.807, 2.05) is 32.2 Å². The molecule has 0 bridgehead atoms. The van der Waals surface area contributed by atoms with E-state index < -0.39 is 0 Å². The van der Waals surface area contributed by atoms with Crippen LogP contribution in [-0.2, 0) is 24.1 Å². The fourth-order valence-corrected chi connectivity index (χ4v) is 4.30. The van der Waals surface area contributed by atoms with Crippen molar-refractivity contribution in [1.29, 1.82) is 0 Å². The van der Waals surface area contributed by atoms with E-state index in [0.717, 1.165) is 29.9 Å². The molecule has 0 radical (unpaired) electrons. The highest BCUT2D eigenvalue weighted by Crippen LogP contribution is 2.19. The Bertz CT molecular complexity index is 1190. The van der Waals surface area contributed by atoms with Gasteiger partial charge in [0.2, 0.25) is 0 Å². The minimum atomic E-state index is -0.366. The Morgan fingerprint density at radius 3 is 2.71 bits per heavy atom. The summed E-state index contributed by atoms with van der Waals surface area (Å²) >= 11 is 2.17. The highest BCUT2D eigenvalue weighted by molar-refractivity contribution is 14.1. The number of amides is 2. The summed E-state index contributed by atoms with van der Waals surface area (Å²) in [4.78, 5) is 35.9. The summed E-state index contributed by atoms with van der Waals surface area (Å²) in [6.07, 6.45) is 1.58. The Labute approximate surface area is 213 Å². The lowest BCUT2D eigenvalue weighted by atomic mass is 10.1. The molecule has 11 heteroatoms. The number of alkyl halides is 1. The Kier molecular flexibility index (Phi) is 8.78. The van der Waals surface area contributed by atoms with Crippen LogP contribution in [0.2, 0.25) is 0 Å². The molecule has 2 aromatic heterocycles. The van der Waals surface area contributed by atoms with Gasteiger partial charge in [0, 0.05) is 36.2 Å². The van der Waals surface area contributed by atoms with Crippen molar-refractivity contribution in [2.75, 3.05) is 32.9 Å². The number of nitrogens with zero attached hydrogens (tertiary/aromatic N) is 5. The molecule has 0 unspecified atom stereocenters. The number of nitrogens with two attached hydrogens (primary N) is 1. The summed E-state index contributed by atoms with van der Waals surface area (Å²) in [5.41, 5.74) is 9.33. The first kappa shape index (κ1) is 25.8.